The van der Waals surface area contributed by atoms with Gasteiger partial charge in [0.1, 0.15) is 6.54 Å². The lowest BCUT2D eigenvalue weighted by molar-refractivity contribution is -0.145. The zero-order valence-corrected chi connectivity index (χ0v) is 9.56. The molecular weight excluding hydrogens is 194 g/mol. The van der Waals surface area contributed by atoms with Gasteiger partial charge in [-0.25, -0.2) is 0 Å². The van der Waals surface area contributed by atoms with Crippen LogP contribution in [0.25, 0.3) is 0 Å². The molecule has 0 saturated heterocycles. The van der Waals surface area contributed by atoms with Crippen molar-refractivity contribution in [3.8, 4) is 0 Å². The van der Waals surface area contributed by atoms with Gasteiger partial charge in [-0.1, -0.05) is 20.8 Å². The van der Waals surface area contributed by atoms with E-state index in [-0.39, 0.29) is 18.4 Å². The first-order valence-corrected chi connectivity index (χ1v) is 5.42. The van der Waals surface area contributed by atoms with E-state index in [1.165, 1.54) is 4.90 Å². The molecule has 1 aliphatic carbocycles. The minimum atomic E-state index is -0.933. The Morgan fingerprint density at radius 1 is 1.47 bits per heavy atom. The van der Waals surface area contributed by atoms with Crippen molar-refractivity contribution in [1.29, 1.82) is 0 Å². The smallest absolute Gasteiger partial charge is 0.323 e. The molecule has 2 atom stereocenters. The van der Waals surface area contributed by atoms with E-state index in [1.807, 2.05) is 20.8 Å². The van der Waals surface area contributed by atoms with Crippen molar-refractivity contribution >= 4 is 11.9 Å². The Hall–Kier alpha value is -1.06. The maximum absolute atomic E-state index is 11.8. The van der Waals surface area contributed by atoms with Crippen molar-refractivity contribution in [1.82, 2.24) is 4.90 Å². The standard InChI is InChI=1S/C11H19NO3/c1-7(2)5-12(6-10(13)14)11(15)9-4-8(9)3/h7-9H,4-6H2,1-3H3,(H,13,14)/t8-,9-/m0/s1. The second-order valence-corrected chi connectivity index (χ2v) is 4.83. The van der Waals surface area contributed by atoms with Crippen LogP contribution >= 0.6 is 0 Å². The fourth-order valence-electron chi connectivity index (χ4n) is 1.74. The van der Waals surface area contributed by atoms with Gasteiger partial charge < -0.3 is 10.0 Å². The summed E-state index contributed by atoms with van der Waals surface area (Å²) in [5.41, 5.74) is 0. The van der Waals surface area contributed by atoms with Crippen LogP contribution in [-0.4, -0.2) is 35.0 Å². The first kappa shape index (κ1) is 12.0. The summed E-state index contributed by atoms with van der Waals surface area (Å²) in [6.07, 6.45) is 0.910. The first-order valence-electron chi connectivity index (χ1n) is 5.42. The Bertz CT molecular complexity index is 263. The molecule has 0 unspecified atom stereocenters. The van der Waals surface area contributed by atoms with Crippen LogP contribution in [0.1, 0.15) is 27.2 Å². The third kappa shape index (κ3) is 3.53. The van der Waals surface area contributed by atoms with Crippen LogP contribution < -0.4 is 0 Å². The molecular formula is C11H19NO3. The third-order valence-electron chi connectivity index (χ3n) is 2.65. The molecule has 1 N–H and O–H groups in total. The van der Waals surface area contributed by atoms with Gasteiger partial charge in [0.05, 0.1) is 0 Å². The Kier molecular flexibility index (Phi) is 3.72. The quantitative estimate of drug-likeness (QED) is 0.746. The number of aliphatic carboxylic acids is 1. The molecule has 4 nitrogen and oxygen atoms in total. The normalized spacial score (nSPS) is 24.0. The molecule has 0 aromatic rings. The lowest BCUT2D eigenvalue weighted by atomic mass is 10.2. The largest absolute Gasteiger partial charge is 0.480 e. The van der Waals surface area contributed by atoms with Crippen LogP contribution in [0.4, 0.5) is 0 Å². The summed E-state index contributed by atoms with van der Waals surface area (Å²) in [5, 5.41) is 8.72. The monoisotopic (exact) mass is 213 g/mol. The number of carbonyl (C=O) groups is 2. The van der Waals surface area contributed by atoms with Crippen LogP contribution in [0.2, 0.25) is 0 Å². The van der Waals surface area contributed by atoms with Gasteiger partial charge in [-0.3, -0.25) is 9.59 Å². The molecule has 4 heteroatoms. The molecule has 0 aromatic heterocycles. The predicted octanol–water partition coefficient (Wildman–Crippen LogP) is 1.21. The lowest BCUT2D eigenvalue weighted by Crippen LogP contribution is -2.39. The maximum Gasteiger partial charge on any atom is 0.323 e. The fraction of sp³-hybridized carbons (Fsp3) is 0.818. The van der Waals surface area contributed by atoms with Crippen LogP contribution in [0.3, 0.4) is 0 Å². The highest BCUT2D eigenvalue weighted by atomic mass is 16.4. The SMILES string of the molecule is CC(C)CN(CC(=O)O)C(=O)[C@H]1C[C@@H]1C. The van der Waals surface area contributed by atoms with Gasteiger partial charge in [0, 0.05) is 12.5 Å². The molecule has 0 bridgehead atoms. The molecule has 15 heavy (non-hydrogen) atoms. The zero-order valence-electron chi connectivity index (χ0n) is 9.56. The van der Waals surface area contributed by atoms with Gasteiger partial charge in [0.2, 0.25) is 5.91 Å². The topological polar surface area (TPSA) is 57.6 Å². The molecule has 1 saturated carbocycles. The van der Waals surface area contributed by atoms with Crippen LogP contribution in [0, 0.1) is 17.8 Å². The number of nitrogens with zero attached hydrogens (tertiary/aromatic N) is 1. The van der Waals surface area contributed by atoms with Crippen LogP contribution in [0.15, 0.2) is 0 Å². The van der Waals surface area contributed by atoms with Gasteiger partial charge in [-0.2, -0.15) is 0 Å². The number of hydrogen-bond acceptors (Lipinski definition) is 2. The maximum atomic E-state index is 11.8. The fourth-order valence-corrected chi connectivity index (χ4v) is 1.74. The van der Waals surface area contributed by atoms with Crippen molar-refractivity contribution in [2.24, 2.45) is 17.8 Å². The third-order valence-corrected chi connectivity index (χ3v) is 2.65. The van der Waals surface area contributed by atoms with Crippen molar-refractivity contribution in [2.75, 3.05) is 13.1 Å². The van der Waals surface area contributed by atoms with Crippen molar-refractivity contribution in [2.45, 2.75) is 27.2 Å². The molecule has 0 aromatic carbocycles. The summed E-state index contributed by atoms with van der Waals surface area (Å²) in [5.74, 6) is -0.109. The molecule has 0 heterocycles. The molecule has 0 aliphatic heterocycles. The summed E-state index contributed by atoms with van der Waals surface area (Å²) in [7, 11) is 0. The number of carboxylic acids is 1. The van der Waals surface area contributed by atoms with Crippen molar-refractivity contribution < 1.29 is 14.7 Å². The highest BCUT2D eigenvalue weighted by Gasteiger charge is 2.41. The van der Waals surface area contributed by atoms with E-state index in [0.717, 1.165) is 6.42 Å². The second kappa shape index (κ2) is 4.64. The molecule has 86 valence electrons. The van der Waals surface area contributed by atoms with E-state index in [1.54, 1.807) is 0 Å². The summed E-state index contributed by atoms with van der Waals surface area (Å²) in [4.78, 5) is 23.9. The summed E-state index contributed by atoms with van der Waals surface area (Å²) >= 11 is 0. The van der Waals surface area contributed by atoms with E-state index < -0.39 is 5.97 Å². The number of hydrogen-bond donors (Lipinski definition) is 1. The highest BCUT2D eigenvalue weighted by molar-refractivity contribution is 5.85. The molecule has 0 spiro atoms. The van der Waals surface area contributed by atoms with Crippen LogP contribution in [0.5, 0.6) is 0 Å². The number of carbonyl (C=O) groups excluding carboxylic acids is 1. The Morgan fingerprint density at radius 2 is 2.00 bits per heavy atom. The Balaban J connectivity index is 2.54. The number of rotatable bonds is 5. The molecule has 1 fully saturated rings. The minimum absolute atomic E-state index is 0.0126. The van der Waals surface area contributed by atoms with E-state index in [9.17, 15) is 9.59 Å². The van der Waals surface area contributed by atoms with E-state index in [2.05, 4.69) is 0 Å². The van der Waals surface area contributed by atoms with Crippen molar-refractivity contribution in [3.05, 3.63) is 0 Å². The van der Waals surface area contributed by atoms with E-state index >= 15 is 0 Å². The summed E-state index contributed by atoms with van der Waals surface area (Å²) in [6.45, 7) is 6.36. The summed E-state index contributed by atoms with van der Waals surface area (Å²) in [6, 6.07) is 0. The predicted molar refractivity (Wildman–Crippen MR) is 56.3 cm³/mol. The van der Waals surface area contributed by atoms with Gasteiger partial charge in [-0.05, 0) is 18.3 Å². The number of carboxylic acid groups (broad SMARTS) is 1. The minimum Gasteiger partial charge on any atom is -0.480 e. The van der Waals surface area contributed by atoms with Gasteiger partial charge >= 0.3 is 5.97 Å². The van der Waals surface area contributed by atoms with Crippen molar-refractivity contribution in [3.63, 3.8) is 0 Å². The molecule has 1 rings (SSSR count). The van der Waals surface area contributed by atoms with Gasteiger partial charge in [0.25, 0.3) is 0 Å². The van der Waals surface area contributed by atoms with Crippen LogP contribution in [-0.2, 0) is 9.59 Å². The average Bonchev–Trinajstić information content (AvgIpc) is 2.78. The van der Waals surface area contributed by atoms with E-state index in [4.69, 9.17) is 5.11 Å². The molecule has 1 amide bonds. The molecule has 1 aliphatic rings. The highest BCUT2D eigenvalue weighted by Crippen LogP contribution is 2.39. The zero-order chi connectivity index (χ0) is 11.6. The Labute approximate surface area is 90.3 Å². The summed E-state index contributed by atoms with van der Waals surface area (Å²) < 4.78 is 0. The lowest BCUT2D eigenvalue weighted by Gasteiger charge is -2.22. The second-order valence-electron chi connectivity index (χ2n) is 4.83. The first-order chi connectivity index (χ1) is 6.91. The molecule has 0 radical (unpaired) electrons. The van der Waals surface area contributed by atoms with Gasteiger partial charge in [-0.15, -0.1) is 0 Å². The van der Waals surface area contributed by atoms with E-state index in [0.29, 0.717) is 18.4 Å². The Morgan fingerprint density at radius 3 is 2.33 bits per heavy atom. The number of amides is 1. The van der Waals surface area contributed by atoms with Gasteiger partial charge in [0.15, 0.2) is 0 Å². The average molecular weight is 213 g/mol.